The molecule has 3 atom stereocenters. The van der Waals surface area contributed by atoms with Gasteiger partial charge in [-0.2, -0.15) is 0 Å². The van der Waals surface area contributed by atoms with Crippen LogP contribution in [0.3, 0.4) is 0 Å². The Morgan fingerprint density at radius 1 is 1.44 bits per heavy atom. The highest BCUT2D eigenvalue weighted by molar-refractivity contribution is 5.85. The zero-order valence-corrected chi connectivity index (χ0v) is 10.6. The van der Waals surface area contributed by atoms with Crippen molar-refractivity contribution in [3.05, 3.63) is 24.0 Å². The number of hydrogen-bond acceptors (Lipinski definition) is 2. The molecule has 0 radical (unpaired) electrons. The Morgan fingerprint density at radius 3 is 2.81 bits per heavy atom. The molecule has 3 nitrogen and oxygen atoms in total. The molecule has 4 N–H and O–H groups in total. The highest BCUT2D eigenvalue weighted by atomic mass is 35.5. The van der Waals surface area contributed by atoms with E-state index in [0.717, 1.165) is 6.42 Å². The van der Waals surface area contributed by atoms with Crippen molar-refractivity contribution in [2.45, 2.75) is 50.7 Å². The van der Waals surface area contributed by atoms with E-state index in [1.807, 2.05) is 12.3 Å². The summed E-state index contributed by atoms with van der Waals surface area (Å²) in [4.78, 5) is 3.24. The summed E-state index contributed by atoms with van der Waals surface area (Å²) in [6.07, 6.45) is 6.94. The van der Waals surface area contributed by atoms with Crippen molar-refractivity contribution in [2.75, 3.05) is 0 Å². The summed E-state index contributed by atoms with van der Waals surface area (Å²) >= 11 is 0. The van der Waals surface area contributed by atoms with E-state index < -0.39 is 0 Å². The van der Waals surface area contributed by atoms with Crippen molar-refractivity contribution in [1.29, 1.82) is 0 Å². The third-order valence-electron chi connectivity index (χ3n) is 3.37. The molecular formula is C12H22ClN3. The Kier molecular flexibility index (Phi) is 5.32. The molecule has 1 saturated carbocycles. The van der Waals surface area contributed by atoms with Gasteiger partial charge in [-0.3, -0.25) is 0 Å². The maximum atomic E-state index is 6.11. The first-order valence-corrected chi connectivity index (χ1v) is 5.92. The van der Waals surface area contributed by atoms with Gasteiger partial charge in [-0.1, -0.05) is 12.8 Å². The van der Waals surface area contributed by atoms with E-state index >= 15 is 0 Å². The standard InChI is InChI=1S/C12H21N3.ClH/c1-9(11-7-4-8-14-11)15-12-6-3-2-5-10(12)13;/h4,7-10,12,14-15H,2-3,5-6,13H2,1H3;1H. The Morgan fingerprint density at radius 2 is 2.19 bits per heavy atom. The van der Waals surface area contributed by atoms with Crippen LogP contribution in [0.2, 0.25) is 0 Å². The zero-order valence-electron chi connectivity index (χ0n) is 9.78. The van der Waals surface area contributed by atoms with Gasteiger partial charge in [0.25, 0.3) is 0 Å². The molecule has 1 aliphatic rings. The van der Waals surface area contributed by atoms with Crippen molar-refractivity contribution in [1.82, 2.24) is 10.3 Å². The third-order valence-corrected chi connectivity index (χ3v) is 3.37. The molecule has 3 unspecified atom stereocenters. The molecule has 2 rings (SSSR count). The molecule has 1 fully saturated rings. The normalized spacial score (nSPS) is 27.1. The fraction of sp³-hybridized carbons (Fsp3) is 0.667. The first kappa shape index (κ1) is 13.6. The van der Waals surface area contributed by atoms with Crippen LogP contribution in [0.4, 0.5) is 0 Å². The largest absolute Gasteiger partial charge is 0.364 e. The smallest absolute Gasteiger partial charge is 0.0446 e. The van der Waals surface area contributed by atoms with Gasteiger partial charge in [0.2, 0.25) is 0 Å². The van der Waals surface area contributed by atoms with E-state index in [2.05, 4.69) is 23.3 Å². The number of rotatable bonds is 3. The molecule has 0 aromatic carbocycles. The number of aromatic amines is 1. The average molecular weight is 244 g/mol. The second-order valence-electron chi connectivity index (χ2n) is 4.57. The number of nitrogens with one attached hydrogen (secondary N) is 2. The van der Waals surface area contributed by atoms with Crippen LogP contribution >= 0.6 is 12.4 Å². The Hall–Kier alpha value is -0.510. The topological polar surface area (TPSA) is 53.8 Å². The lowest BCUT2D eigenvalue weighted by Gasteiger charge is -2.31. The van der Waals surface area contributed by atoms with Gasteiger partial charge in [0.15, 0.2) is 0 Å². The molecule has 1 aliphatic carbocycles. The molecular weight excluding hydrogens is 222 g/mol. The Labute approximate surface area is 104 Å². The van der Waals surface area contributed by atoms with Crippen LogP contribution in [-0.2, 0) is 0 Å². The van der Waals surface area contributed by atoms with E-state index in [9.17, 15) is 0 Å². The molecule has 16 heavy (non-hydrogen) atoms. The van der Waals surface area contributed by atoms with Crippen LogP contribution in [0.1, 0.15) is 44.3 Å². The fourth-order valence-corrected chi connectivity index (χ4v) is 2.39. The minimum atomic E-state index is 0. The van der Waals surface area contributed by atoms with Gasteiger partial charge in [0.05, 0.1) is 0 Å². The number of aromatic nitrogens is 1. The molecule has 0 saturated heterocycles. The SMILES string of the molecule is CC(NC1CCCCC1N)c1ccc[nH]1.Cl. The monoisotopic (exact) mass is 243 g/mol. The maximum Gasteiger partial charge on any atom is 0.0446 e. The van der Waals surface area contributed by atoms with E-state index in [-0.39, 0.29) is 12.4 Å². The molecule has 0 aliphatic heterocycles. The second kappa shape index (κ2) is 6.28. The molecule has 1 aromatic heterocycles. The van der Waals surface area contributed by atoms with Crippen molar-refractivity contribution >= 4 is 12.4 Å². The quantitative estimate of drug-likeness (QED) is 0.764. The van der Waals surface area contributed by atoms with Crippen molar-refractivity contribution in [3.63, 3.8) is 0 Å². The van der Waals surface area contributed by atoms with Gasteiger partial charge in [0, 0.05) is 30.0 Å². The summed E-state index contributed by atoms with van der Waals surface area (Å²) in [6, 6.07) is 5.34. The summed E-state index contributed by atoms with van der Waals surface area (Å²) in [7, 11) is 0. The summed E-state index contributed by atoms with van der Waals surface area (Å²) in [5, 5.41) is 3.61. The highest BCUT2D eigenvalue weighted by Gasteiger charge is 2.23. The van der Waals surface area contributed by atoms with Crippen LogP contribution in [-0.4, -0.2) is 17.1 Å². The molecule has 92 valence electrons. The van der Waals surface area contributed by atoms with Gasteiger partial charge in [-0.15, -0.1) is 12.4 Å². The van der Waals surface area contributed by atoms with Gasteiger partial charge >= 0.3 is 0 Å². The molecule has 1 aromatic rings. The second-order valence-corrected chi connectivity index (χ2v) is 4.57. The first-order valence-electron chi connectivity index (χ1n) is 5.92. The van der Waals surface area contributed by atoms with E-state index in [1.165, 1.54) is 25.0 Å². The lowest BCUT2D eigenvalue weighted by molar-refractivity contribution is 0.305. The number of halogens is 1. The van der Waals surface area contributed by atoms with Crippen molar-refractivity contribution in [3.8, 4) is 0 Å². The van der Waals surface area contributed by atoms with E-state index in [0.29, 0.717) is 18.1 Å². The van der Waals surface area contributed by atoms with Crippen LogP contribution in [0.15, 0.2) is 18.3 Å². The summed E-state index contributed by atoms with van der Waals surface area (Å²) in [5.74, 6) is 0. The highest BCUT2D eigenvalue weighted by Crippen LogP contribution is 2.20. The third kappa shape index (κ3) is 3.24. The minimum absolute atomic E-state index is 0. The van der Waals surface area contributed by atoms with Crippen LogP contribution < -0.4 is 11.1 Å². The van der Waals surface area contributed by atoms with Gasteiger partial charge in [0.1, 0.15) is 0 Å². The average Bonchev–Trinajstić information content (AvgIpc) is 2.74. The fourth-order valence-electron chi connectivity index (χ4n) is 2.39. The molecule has 1 heterocycles. The Bertz CT molecular complexity index is 286. The minimum Gasteiger partial charge on any atom is -0.364 e. The number of hydrogen-bond donors (Lipinski definition) is 3. The Balaban J connectivity index is 0.00000128. The lowest BCUT2D eigenvalue weighted by atomic mass is 9.90. The van der Waals surface area contributed by atoms with E-state index in [4.69, 9.17) is 5.73 Å². The molecule has 0 bridgehead atoms. The number of H-pyrrole nitrogens is 1. The lowest BCUT2D eigenvalue weighted by Crippen LogP contribution is -2.47. The van der Waals surface area contributed by atoms with Gasteiger partial charge in [-0.05, 0) is 31.9 Å². The summed E-state index contributed by atoms with van der Waals surface area (Å²) in [5.41, 5.74) is 7.35. The summed E-state index contributed by atoms with van der Waals surface area (Å²) in [6.45, 7) is 2.19. The van der Waals surface area contributed by atoms with E-state index in [1.54, 1.807) is 0 Å². The van der Waals surface area contributed by atoms with Crippen LogP contribution in [0.5, 0.6) is 0 Å². The van der Waals surface area contributed by atoms with Crippen molar-refractivity contribution in [2.24, 2.45) is 5.73 Å². The van der Waals surface area contributed by atoms with Crippen LogP contribution in [0.25, 0.3) is 0 Å². The predicted octanol–water partition coefficient (Wildman–Crippen LogP) is 2.36. The summed E-state index contributed by atoms with van der Waals surface area (Å²) < 4.78 is 0. The molecule has 4 heteroatoms. The number of nitrogens with two attached hydrogens (primary N) is 1. The van der Waals surface area contributed by atoms with Crippen molar-refractivity contribution < 1.29 is 0 Å². The van der Waals surface area contributed by atoms with Gasteiger partial charge < -0.3 is 16.0 Å². The molecule has 0 amide bonds. The first-order chi connectivity index (χ1) is 7.27. The van der Waals surface area contributed by atoms with Gasteiger partial charge in [-0.25, -0.2) is 0 Å². The molecule has 0 spiro atoms. The van der Waals surface area contributed by atoms with Crippen LogP contribution in [0, 0.1) is 0 Å². The zero-order chi connectivity index (χ0) is 10.7. The maximum absolute atomic E-state index is 6.11. The predicted molar refractivity (Wildman–Crippen MR) is 69.8 cm³/mol.